The summed E-state index contributed by atoms with van der Waals surface area (Å²) in [7, 11) is 0. The van der Waals surface area contributed by atoms with E-state index in [4.69, 9.17) is 0 Å². The van der Waals surface area contributed by atoms with Crippen molar-refractivity contribution in [1.82, 2.24) is 15.5 Å². The number of nitrogens with zero attached hydrogens (tertiary/aromatic N) is 1. The van der Waals surface area contributed by atoms with Gasteiger partial charge in [-0.1, -0.05) is 41.5 Å². The van der Waals surface area contributed by atoms with E-state index in [0.29, 0.717) is 12.1 Å². The molecule has 0 aromatic heterocycles. The van der Waals surface area contributed by atoms with Gasteiger partial charge in [0.2, 0.25) is 5.91 Å². The molecular formula is C21H27N3O3. The van der Waals surface area contributed by atoms with Gasteiger partial charge >= 0.3 is 6.03 Å². The number of rotatable bonds is 6. The van der Waals surface area contributed by atoms with E-state index < -0.39 is 17.5 Å². The third-order valence-corrected chi connectivity index (χ3v) is 5.36. The summed E-state index contributed by atoms with van der Waals surface area (Å²) in [5.74, 6) is -0.718. The molecule has 0 unspecified atom stereocenters. The highest BCUT2D eigenvalue weighted by Gasteiger charge is 2.49. The highest BCUT2D eigenvalue weighted by atomic mass is 16.2. The SMILES string of the molecule is Cc1ccc([C@]2(C)NC(=O)N(CC(=O)NCCC3=CCCCC3)C2=O)cc1. The quantitative estimate of drug-likeness (QED) is 0.598. The summed E-state index contributed by atoms with van der Waals surface area (Å²) in [6.45, 7) is 3.90. The largest absolute Gasteiger partial charge is 0.354 e. The van der Waals surface area contributed by atoms with Crippen molar-refractivity contribution in [3.8, 4) is 0 Å². The molecular weight excluding hydrogens is 342 g/mol. The number of imide groups is 1. The predicted molar refractivity (Wildman–Crippen MR) is 103 cm³/mol. The Labute approximate surface area is 160 Å². The summed E-state index contributed by atoms with van der Waals surface area (Å²) in [6.07, 6.45) is 7.73. The van der Waals surface area contributed by atoms with Gasteiger partial charge < -0.3 is 10.6 Å². The van der Waals surface area contributed by atoms with E-state index >= 15 is 0 Å². The number of nitrogens with one attached hydrogen (secondary N) is 2. The molecule has 2 aliphatic rings. The molecule has 0 radical (unpaired) electrons. The Morgan fingerprint density at radius 1 is 1.22 bits per heavy atom. The van der Waals surface area contributed by atoms with Gasteiger partial charge in [-0.2, -0.15) is 0 Å². The number of carbonyl (C=O) groups is 3. The molecule has 6 heteroatoms. The van der Waals surface area contributed by atoms with Crippen molar-refractivity contribution in [2.24, 2.45) is 0 Å². The van der Waals surface area contributed by atoms with Crippen LogP contribution >= 0.6 is 0 Å². The molecule has 0 bridgehead atoms. The smallest absolute Gasteiger partial charge is 0.325 e. The van der Waals surface area contributed by atoms with E-state index in [1.807, 2.05) is 31.2 Å². The first kappa shape index (κ1) is 19.1. The number of benzene rings is 1. The lowest BCUT2D eigenvalue weighted by Gasteiger charge is -2.22. The minimum atomic E-state index is -1.14. The van der Waals surface area contributed by atoms with Crippen molar-refractivity contribution in [2.75, 3.05) is 13.1 Å². The van der Waals surface area contributed by atoms with E-state index in [1.54, 1.807) is 6.92 Å². The lowest BCUT2D eigenvalue weighted by atomic mass is 9.91. The molecule has 1 saturated heterocycles. The highest BCUT2D eigenvalue weighted by Crippen LogP contribution is 2.28. The van der Waals surface area contributed by atoms with Crippen molar-refractivity contribution in [2.45, 2.75) is 51.5 Å². The molecule has 6 nitrogen and oxygen atoms in total. The number of amides is 4. The molecule has 27 heavy (non-hydrogen) atoms. The first-order valence-electron chi connectivity index (χ1n) is 9.56. The predicted octanol–water partition coefficient (Wildman–Crippen LogP) is 2.77. The van der Waals surface area contributed by atoms with Crippen LogP contribution < -0.4 is 10.6 Å². The van der Waals surface area contributed by atoms with Gasteiger partial charge in [0.1, 0.15) is 12.1 Å². The van der Waals surface area contributed by atoms with Gasteiger partial charge in [-0.25, -0.2) is 4.79 Å². The highest BCUT2D eigenvalue weighted by molar-refractivity contribution is 6.09. The van der Waals surface area contributed by atoms with Crippen LogP contribution in [0.2, 0.25) is 0 Å². The molecule has 4 amide bonds. The van der Waals surface area contributed by atoms with Crippen LogP contribution in [0.5, 0.6) is 0 Å². The second-order valence-corrected chi connectivity index (χ2v) is 7.52. The van der Waals surface area contributed by atoms with Crippen LogP contribution in [0.1, 0.15) is 50.2 Å². The van der Waals surface area contributed by atoms with E-state index in [9.17, 15) is 14.4 Å². The number of carbonyl (C=O) groups excluding carboxylic acids is 3. The molecule has 1 heterocycles. The summed E-state index contributed by atoms with van der Waals surface area (Å²) in [4.78, 5) is 38.3. The first-order valence-corrected chi connectivity index (χ1v) is 9.56. The van der Waals surface area contributed by atoms with Gasteiger partial charge in [-0.15, -0.1) is 0 Å². The Kier molecular flexibility index (Phi) is 5.63. The monoisotopic (exact) mass is 369 g/mol. The second-order valence-electron chi connectivity index (χ2n) is 7.52. The lowest BCUT2D eigenvalue weighted by Crippen LogP contribution is -2.43. The molecule has 0 spiro atoms. The molecule has 1 aliphatic heterocycles. The summed E-state index contributed by atoms with van der Waals surface area (Å²) >= 11 is 0. The fourth-order valence-electron chi connectivity index (χ4n) is 3.62. The third-order valence-electron chi connectivity index (χ3n) is 5.36. The maximum atomic E-state index is 12.8. The van der Waals surface area contributed by atoms with E-state index in [1.165, 1.54) is 18.4 Å². The minimum Gasteiger partial charge on any atom is -0.354 e. The van der Waals surface area contributed by atoms with Crippen LogP contribution in [0.15, 0.2) is 35.9 Å². The van der Waals surface area contributed by atoms with E-state index in [-0.39, 0.29) is 12.5 Å². The zero-order chi connectivity index (χ0) is 19.4. The van der Waals surface area contributed by atoms with Gasteiger partial charge in [0.15, 0.2) is 0 Å². The Hall–Kier alpha value is -2.63. The molecule has 1 fully saturated rings. The van der Waals surface area contributed by atoms with Crippen molar-refractivity contribution >= 4 is 17.8 Å². The Morgan fingerprint density at radius 2 is 1.96 bits per heavy atom. The van der Waals surface area contributed by atoms with Crippen LogP contribution in [0.4, 0.5) is 4.79 Å². The summed E-state index contributed by atoms with van der Waals surface area (Å²) < 4.78 is 0. The fraction of sp³-hybridized carbons (Fsp3) is 0.476. The van der Waals surface area contributed by atoms with Gasteiger partial charge in [0.25, 0.3) is 5.91 Å². The van der Waals surface area contributed by atoms with Crippen LogP contribution in [0.25, 0.3) is 0 Å². The average Bonchev–Trinajstić information content (AvgIpc) is 2.87. The van der Waals surface area contributed by atoms with Crippen molar-refractivity contribution in [1.29, 1.82) is 0 Å². The van der Waals surface area contributed by atoms with Crippen LogP contribution in [0, 0.1) is 6.92 Å². The van der Waals surface area contributed by atoms with Crippen LogP contribution in [-0.2, 0) is 15.1 Å². The van der Waals surface area contributed by atoms with Crippen LogP contribution in [0.3, 0.4) is 0 Å². The molecule has 1 atom stereocenters. The maximum absolute atomic E-state index is 12.8. The number of aryl methyl sites for hydroxylation is 1. The minimum absolute atomic E-state index is 0.259. The lowest BCUT2D eigenvalue weighted by molar-refractivity contribution is -0.134. The molecule has 1 aromatic rings. The van der Waals surface area contributed by atoms with Crippen LogP contribution in [-0.4, -0.2) is 35.8 Å². The zero-order valence-corrected chi connectivity index (χ0v) is 16.0. The number of urea groups is 1. The summed E-state index contributed by atoms with van der Waals surface area (Å²) in [5.41, 5.74) is 2.02. The molecule has 3 rings (SSSR count). The summed E-state index contributed by atoms with van der Waals surface area (Å²) in [6, 6.07) is 6.92. The first-order chi connectivity index (χ1) is 12.9. The second kappa shape index (κ2) is 7.94. The summed E-state index contributed by atoms with van der Waals surface area (Å²) in [5, 5.41) is 5.55. The average molecular weight is 369 g/mol. The topological polar surface area (TPSA) is 78.5 Å². The van der Waals surface area contributed by atoms with Crippen molar-refractivity contribution in [3.63, 3.8) is 0 Å². The number of hydrogen-bond donors (Lipinski definition) is 2. The van der Waals surface area contributed by atoms with Gasteiger partial charge in [0.05, 0.1) is 0 Å². The standard InChI is InChI=1S/C21H27N3O3/c1-15-8-10-17(11-9-15)21(2)19(26)24(20(27)23-21)14-18(25)22-13-12-16-6-4-3-5-7-16/h6,8-11H,3-5,7,12-14H2,1-2H3,(H,22,25)(H,23,27)/t21-/m0/s1. The maximum Gasteiger partial charge on any atom is 0.325 e. The number of hydrogen-bond acceptors (Lipinski definition) is 3. The Morgan fingerprint density at radius 3 is 2.63 bits per heavy atom. The Bertz CT molecular complexity index is 769. The van der Waals surface area contributed by atoms with Gasteiger partial charge in [0, 0.05) is 6.54 Å². The molecule has 1 aromatic carbocycles. The number of allylic oxidation sites excluding steroid dienone is 1. The normalized spacial score (nSPS) is 22.4. The van der Waals surface area contributed by atoms with Crippen molar-refractivity contribution in [3.05, 3.63) is 47.0 Å². The molecule has 2 N–H and O–H groups in total. The third kappa shape index (κ3) is 4.21. The van der Waals surface area contributed by atoms with Crippen molar-refractivity contribution < 1.29 is 14.4 Å². The zero-order valence-electron chi connectivity index (χ0n) is 16.0. The van der Waals surface area contributed by atoms with Gasteiger partial charge in [-0.05, 0) is 51.5 Å². The van der Waals surface area contributed by atoms with E-state index in [2.05, 4.69) is 16.7 Å². The Balaban J connectivity index is 1.57. The van der Waals surface area contributed by atoms with Gasteiger partial charge in [-0.3, -0.25) is 14.5 Å². The fourth-order valence-corrected chi connectivity index (χ4v) is 3.62. The molecule has 0 saturated carbocycles. The van der Waals surface area contributed by atoms with E-state index in [0.717, 1.165) is 29.7 Å². The molecule has 1 aliphatic carbocycles. The molecule has 144 valence electrons.